The minimum Gasteiger partial charge on any atom is -0.505 e. The second-order valence-corrected chi connectivity index (χ2v) is 12.9. The Kier molecular flexibility index (Phi) is 8.00. The van der Waals surface area contributed by atoms with Crippen molar-refractivity contribution in [2.75, 3.05) is 14.2 Å². The molecule has 5 heterocycles. The van der Waals surface area contributed by atoms with Gasteiger partial charge in [0.05, 0.1) is 22.8 Å². The molecule has 0 radical (unpaired) electrons. The fraction of sp³-hybridized carbons (Fsp3) is 0.0652. The van der Waals surface area contributed by atoms with Crippen LogP contribution < -0.4 is 10.7 Å². The molecule has 5 aromatic rings. The Hall–Kier alpha value is -6.67. The Morgan fingerprint density at radius 3 is 1.40 bits per heavy atom. The number of aliphatic imine (C=N–C) groups is 3. The van der Waals surface area contributed by atoms with Gasteiger partial charge in [-0.15, -0.1) is 0 Å². The molecular formula is C46H34N4O3. The van der Waals surface area contributed by atoms with Gasteiger partial charge in [0.15, 0.2) is 5.76 Å². The number of fused-ring (bicyclic) bond motifs is 5. The topological polar surface area (TPSA) is 91.6 Å². The molecule has 53 heavy (non-hydrogen) atoms. The number of nitrogens with zero attached hydrogens (tertiary/aromatic N) is 3. The van der Waals surface area contributed by atoms with Gasteiger partial charge in [-0.2, -0.15) is 0 Å². The van der Waals surface area contributed by atoms with Crippen LogP contribution in [0, 0.1) is 0 Å². The van der Waals surface area contributed by atoms with E-state index in [0.717, 1.165) is 61.2 Å². The van der Waals surface area contributed by atoms with Gasteiger partial charge < -0.3 is 19.6 Å². The van der Waals surface area contributed by atoms with Crippen LogP contribution in [0.1, 0.15) is 22.3 Å². The highest BCUT2D eigenvalue weighted by atomic mass is 16.7. The summed E-state index contributed by atoms with van der Waals surface area (Å²) in [5.74, 6) is -1.90. The first-order valence-corrected chi connectivity index (χ1v) is 17.4. The number of H-pyrrole nitrogens is 1. The van der Waals surface area contributed by atoms with Gasteiger partial charge in [-0.3, -0.25) is 0 Å². The lowest BCUT2D eigenvalue weighted by molar-refractivity contribution is -0.142. The van der Waals surface area contributed by atoms with Crippen molar-refractivity contribution in [1.82, 2.24) is 4.98 Å². The van der Waals surface area contributed by atoms with E-state index in [1.165, 1.54) is 14.2 Å². The Labute approximate surface area is 306 Å². The van der Waals surface area contributed by atoms with E-state index in [2.05, 4.69) is 47.5 Å². The van der Waals surface area contributed by atoms with Crippen LogP contribution in [-0.2, 0) is 9.47 Å². The molecular weight excluding hydrogens is 657 g/mol. The fourth-order valence-corrected chi connectivity index (χ4v) is 7.45. The molecule has 0 saturated carbocycles. The van der Waals surface area contributed by atoms with Crippen LogP contribution in [-0.4, -0.2) is 47.2 Å². The molecule has 0 fully saturated rings. The molecule has 4 aliphatic rings. The van der Waals surface area contributed by atoms with Crippen LogP contribution >= 0.6 is 0 Å². The fourth-order valence-electron chi connectivity index (χ4n) is 7.45. The molecule has 0 amide bonds. The predicted octanol–water partition coefficient (Wildman–Crippen LogP) is 7.48. The van der Waals surface area contributed by atoms with Gasteiger partial charge >= 0.3 is 0 Å². The predicted molar refractivity (Wildman–Crippen MR) is 212 cm³/mol. The van der Waals surface area contributed by atoms with Crippen LogP contribution in [0.25, 0.3) is 22.3 Å². The molecule has 0 spiro atoms. The average molecular weight is 691 g/mol. The van der Waals surface area contributed by atoms with Gasteiger partial charge in [-0.1, -0.05) is 121 Å². The smallest absolute Gasteiger partial charge is 0.275 e. The lowest BCUT2D eigenvalue weighted by Gasteiger charge is -2.29. The van der Waals surface area contributed by atoms with Crippen LogP contribution in [0.5, 0.6) is 0 Å². The van der Waals surface area contributed by atoms with Crippen LogP contribution in [0.15, 0.2) is 196 Å². The highest BCUT2D eigenvalue weighted by Gasteiger charge is 2.51. The summed E-state index contributed by atoms with van der Waals surface area (Å²) in [6.07, 6.45) is 8.13. The van der Waals surface area contributed by atoms with E-state index in [1.54, 1.807) is 0 Å². The summed E-state index contributed by atoms with van der Waals surface area (Å²) in [5.41, 5.74) is 10.5. The first-order chi connectivity index (χ1) is 26.1. The number of ether oxygens (including phenoxy) is 2. The van der Waals surface area contributed by atoms with E-state index < -0.39 is 5.79 Å². The van der Waals surface area contributed by atoms with Gasteiger partial charge in [0, 0.05) is 47.2 Å². The van der Waals surface area contributed by atoms with Crippen LogP contribution in [0.2, 0.25) is 0 Å². The van der Waals surface area contributed by atoms with Crippen LogP contribution in [0.4, 0.5) is 0 Å². The zero-order valence-corrected chi connectivity index (χ0v) is 29.1. The number of aromatic amines is 1. The van der Waals surface area contributed by atoms with Crippen molar-refractivity contribution < 1.29 is 14.6 Å². The molecule has 1 aromatic heterocycles. The maximum Gasteiger partial charge on any atom is 0.275 e. The molecule has 0 aliphatic carbocycles. The van der Waals surface area contributed by atoms with Gasteiger partial charge in [0.25, 0.3) is 5.79 Å². The molecule has 0 atom stereocenters. The standard InChI is InChI=1S/C46H34N4O3/c1-52-46(53-2)44-42(32-21-13-6-14-22-32)38-28-26-36(49-38)40(30-17-9-4-10-18-30)34-24-23-33(47-34)39(29-15-7-3-8-16-29)35-25-27-37(48-35)41(43(50-44)45(46)51)31-19-11-5-12-20-31/h3-28,48,51H,1-2H3. The highest BCUT2D eigenvalue weighted by Crippen LogP contribution is 2.44. The Morgan fingerprint density at radius 2 is 0.887 bits per heavy atom. The molecule has 9 rings (SSSR count). The maximum absolute atomic E-state index is 12.4. The van der Waals surface area contributed by atoms with Crippen molar-refractivity contribution in [1.29, 1.82) is 0 Å². The SMILES string of the molecule is COC1(OC)C2=NC(=C1O)C(c1ccccc1)=c1ccc([nH]1)=C(c1ccccc1)C1=NC(=C(c3ccccc3)C3=NC(=C2c2ccccc2)C=C3)C=C1. The van der Waals surface area contributed by atoms with Gasteiger partial charge in [-0.05, 0) is 58.7 Å². The van der Waals surface area contributed by atoms with E-state index in [9.17, 15) is 5.11 Å². The van der Waals surface area contributed by atoms with E-state index in [0.29, 0.717) is 28.3 Å². The summed E-state index contributed by atoms with van der Waals surface area (Å²) in [5, 5.41) is 14.0. The molecule has 4 aromatic carbocycles. The minimum absolute atomic E-state index is 0.164. The number of hydrogen-bond acceptors (Lipinski definition) is 6. The summed E-state index contributed by atoms with van der Waals surface area (Å²) in [4.78, 5) is 19.6. The molecule has 8 bridgehead atoms. The number of aliphatic hydroxyl groups is 1. The number of aliphatic hydroxyl groups excluding tert-OH is 1. The van der Waals surface area contributed by atoms with Crippen molar-refractivity contribution in [3.63, 3.8) is 0 Å². The second kappa shape index (κ2) is 13.1. The lowest BCUT2D eigenvalue weighted by Crippen LogP contribution is -2.43. The van der Waals surface area contributed by atoms with Crippen molar-refractivity contribution in [3.8, 4) is 0 Å². The number of nitrogens with one attached hydrogen (secondary N) is 1. The number of aromatic nitrogens is 1. The summed E-state index contributed by atoms with van der Waals surface area (Å²) >= 11 is 0. The third-order valence-corrected chi connectivity index (χ3v) is 9.90. The Bertz CT molecular complexity index is 2650. The third-order valence-electron chi connectivity index (χ3n) is 9.90. The monoisotopic (exact) mass is 690 g/mol. The van der Waals surface area contributed by atoms with E-state index >= 15 is 0 Å². The first kappa shape index (κ1) is 32.3. The Balaban J connectivity index is 1.47. The maximum atomic E-state index is 12.4. The van der Waals surface area contributed by atoms with Crippen molar-refractivity contribution in [2.24, 2.45) is 15.0 Å². The third kappa shape index (κ3) is 5.33. The summed E-state index contributed by atoms with van der Waals surface area (Å²) in [6, 6.07) is 44.3. The van der Waals surface area contributed by atoms with Gasteiger partial charge in [0.1, 0.15) is 11.4 Å². The zero-order chi connectivity index (χ0) is 35.9. The Morgan fingerprint density at radius 1 is 0.472 bits per heavy atom. The number of hydrogen-bond donors (Lipinski definition) is 2. The van der Waals surface area contributed by atoms with Crippen molar-refractivity contribution in [3.05, 3.63) is 214 Å². The number of allylic oxidation sites excluding steroid dienone is 6. The van der Waals surface area contributed by atoms with E-state index in [1.807, 2.05) is 115 Å². The number of benzene rings is 4. The van der Waals surface area contributed by atoms with Crippen molar-refractivity contribution in [2.45, 2.75) is 5.79 Å². The highest BCUT2D eigenvalue weighted by molar-refractivity contribution is 6.37. The second-order valence-electron chi connectivity index (χ2n) is 12.9. The largest absolute Gasteiger partial charge is 0.505 e. The quantitative estimate of drug-likeness (QED) is 0.181. The lowest BCUT2D eigenvalue weighted by atomic mass is 9.93. The van der Waals surface area contributed by atoms with Gasteiger partial charge in [0.2, 0.25) is 0 Å². The van der Waals surface area contributed by atoms with Gasteiger partial charge in [-0.25, -0.2) is 15.0 Å². The average Bonchev–Trinajstić information content (AvgIpc) is 4.03. The summed E-state index contributed by atoms with van der Waals surface area (Å²) < 4.78 is 12.3. The molecule has 7 nitrogen and oxygen atoms in total. The molecule has 7 heteroatoms. The summed E-state index contributed by atoms with van der Waals surface area (Å²) in [6.45, 7) is 0. The molecule has 2 N–H and O–H groups in total. The minimum atomic E-state index is -1.74. The molecule has 0 unspecified atom stereocenters. The molecule has 4 aliphatic heterocycles. The van der Waals surface area contributed by atoms with E-state index in [4.69, 9.17) is 24.5 Å². The van der Waals surface area contributed by atoms with Crippen molar-refractivity contribution >= 4 is 39.4 Å². The van der Waals surface area contributed by atoms with E-state index in [-0.39, 0.29) is 5.76 Å². The molecule has 256 valence electrons. The van der Waals surface area contributed by atoms with Crippen LogP contribution in [0.3, 0.4) is 0 Å². The zero-order valence-electron chi connectivity index (χ0n) is 29.1. The normalized spacial score (nSPS) is 17.5. The number of rotatable bonds is 6. The number of methoxy groups -OCH3 is 2. The summed E-state index contributed by atoms with van der Waals surface area (Å²) in [7, 11) is 3.03. The molecule has 0 saturated heterocycles. The first-order valence-electron chi connectivity index (χ1n) is 17.4.